The summed E-state index contributed by atoms with van der Waals surface area (Å²) in [6, 6.07) is 10.5. The fourth-order valence-corrected chi connectivity index (χ4v) is 2.90. The summed E-state index contributed by atoms with van der Waals surface area (Å²) in [4.78, 5) is 4.69. The van der Waals surface area contributed by atoms with Gasteiger partial charge in [0.05, 0.1) is 11.2 Å². The lowest BCUT2D eigenvalue weighted by Crippen LogP contribution is -2.05. The van der Waals surface area contributed by atoms with Crippen LogP contribution in [0, 0.1) is 13.8 Å². The zero-order valence-electron chi connectivity index (χ0n) is 14.0. The molecule has 0 aliphatic rings. The van der Waals surface area contributed by atoms with E-state index >= 15 is 0 Å². The number of hydrogen-bond acceptors (Lipinski definition) is 4. The summed E-state index contributed by atoms with van der Waals surface area (Å²) in [5, 5.41) is 8.77. The Morgan fingerprint density at radius 2 is 2.00 bits per heavy atom. The van der Waals surface area contributed by atoms with Gasteiger partial charge >= 0.3 is 0 Å². The molecule has 23 heavy (non-hydrogen) atoms. The van der Waals surface area contributed by atoms with Crippen LogP contribution in [0.1, 0.15) is 36.1 Å². The summed E-state index contributed by atoms with van der Waals surface area (Å²) >= 11 is 0. The van der Waals surface area contributed by atoms with Crippen molar-refractivity contribution in [3.8, 4) is 0 Å². The molecule has 0 spiro atoms. The van der Waals surface area contributed by atoms with Crippen LogP contribution in [0.2, 0.25) is 0 Å². The minimum absolute atomic E-state index is 0.918. The van der Waals surface area contributed by atoms with Gasteiger partial charge in [0, 0.05) is 28.9 Å². The van der Waals surface area contributed by atoms with Crippen LogP contribution in [0.5, 0.6) is 0 Å². The van der Waals surface area contributed by atoms with Crippen molar-refractivity contribution in [2.24, 2.45) is 0 Å². The molecular formula is C19H23N3O. The fourth-order valence-electron chi connectivity index (χ4n) is 2.90. The maximum absolute atomic E-state index is 5.22. The van der Waals surface area contributed by atoms with Gasteiger partial charge in [-0.15, -0.1) is 0 Å². The van der Waals surface area contributed by atoms with E-state index in [1.807, 2.05) is 19.9 Å². The maximum Gasteiger partial charge on any atom is 0.137 e. The second kappa shape index (κ2) is 6.82. The molecule has 4 nitrogen and oxygen atoms in total. The lowest BCUT2D eigenvalue weighted by atomic mass is 10.1. The van der Waals surface area contributed by atoms with Crippen molar-refractivity contribution in [1.82, 2.24) is 10.1 Å². The maximum atomic E-state index is 5.22. The number of fused-ring (bicyclic) bond motifs is 1. The van der Waals surface area contributed by atoms with Crippen LogP contribution in [0.15, 0.2) is 34.9 Å². The van der Waals surface area contributed by atoms with E-state index in [1.165, 1.54) is 16.6 Å². The second-order valence-corrected chi connectivity index (χ2v) is 5.86. The van der Waals surface area contributed by atoms with Crippen molar-refractivity contribution in [2.45, 2.75) is 40.0 Å². The third kappa shape index (κ3) is 3.36. The Bertz CT molecular complexity index is 788. The number of pyridine rings is 1. The first kappa shape index (κ1) is 15.5. The summed E-state index contributed by atoms with van der Waals surface area (Å²) in [5.74, 6) is 0.935. The van der Waals surface area contributed by atoms with Gasteiger partial charge in [-0.05, 0) is 45.2 Å². The van der Waals surface area contributed by atoms with Gasteiger partial charge in [-0.3, -0.25) is 4.98 Å². The average Bonchev–Trinajstić information content (AvgIpc) is 2.89. The Balaban J connectivity index is 1.69. The molecule has 0 bridgehead atoms. The SMILES string of the molecule is CCc1cc(NCCCc2c(C)noc2C)c2ccccc2n1. The standard InChI is InChI=1S/C19H23N3O/c1-4-15-12-19(17-8-5-6-10-18(17)21-15)20-11-7-9-16-13(2)22-23-14(16)3/h5-6,8,10,12H,4,7,9,11H2,1-3H3,(H,20,21). The predicted octanol–water partition coefficient (Wildman–Crippen LogP) is 4.45. The lowest BCUT2D eigenvalue weighted by Gasteiger charge is -2.11. The zero-order chi connectivity index (χ0) is 16.2. The fraction of sp³-hybridized carbons (Fsp3) is 0.368. The minimum Gasteiger partial charge on any atom is -0.384 e. The Hall–Kier alpha value is -2.36. The Morgan fingerprint density at radius 1 is 1.17 bits per heavy atom. The molecule has 1 N–H and O–H groups in total. The molecule has 0 radical (unpaired) electrons. The molecule has 2 aromatic heterocycles. The molecule has 120 valence electrons. The number of aryl methyl sites for hydroxylation is 3. The van der Waals surface area contributed by atoms with Crippen LogP contribution in [0.4, 0.5) is 5.69 Å². The number of rotatable bonds is 6. The van der Waals surface area contributed by atoms with Gasteiger partial charge in [-0.25, -0.2) is 0 Å². The molecule has 0 atom stereocenters. The number of hydrogen-bond donors (Lipinski definition) is 1. The van der Waals surface area contributed by atoms with Gasteiger partial charge in [-0.2, -0.15) is 0 Å². The van der Waals surface area contributed by atoms with E-state index in [9.17, 15) is 0 Å². The topological polar surface area (TPSA) is 51.0 Å². The van der Waals surface area contributed by atoms with E-state index in [1.54, 1.807) is 0 Å². The van der Waals surface area contributed by atoms with Gasteiger partial charge in [0.15, 0.2) is 0 Å². The van der Waals surface area contributed by atoms with Crippen molar-refractivity contribution in [3.05, 3.63) is 53.0 Å². The third-order valence-electron chi connectivity index (χ3n) is 4.23. The molecule has 3 aromatic rings. The van der Waals surface area contributed by atoms with Gasteiger partial charge in [0.1, 0.15) is 5.76 Å². The monoisotopic (exact) mass is 309 g/mol. The number of nitrogens with zero attached hydrogens (tertiary/aromatic N) is 2. The lowest BCUT2D eigenvalue weighted by molar-refractivity contribution is 0.392. The molecule has 0 saturated heterocycles. The third-order valence-corrected chi connectivity index (χ3v) is 4.23. The number of anilines is 1. The summed E-state index contributed by atoms with van der Waals surface area (Å²) in [6.07, 6.45) is 2.97. The first-order chi connectivity index (χ1) is 11.2. The van der Waals surface area contributed by atoms with Crippen LogP contribution in [-0.2, 0) is 12.8 Å². The number of para-hydroxylation sites is 1. The zero-order valence-corrected chi connectivity index (χ0v) is 14.0. The summed E-state index contributed by atoms with van der Waals surface area (Å²) in [7, 11) is 0. The van der Waals surface area contributed by atoms with E-state index in [0.29, 0.717) is 0 Å². The molecule has 1 aromatic carbocycles. The van der Waals surface area contributed by atoms with E-state index in [-0.39, 0.29) is 0 Å². The quantitative estimate of drug-likeness (QED) is 0.684. The van der Waals surface area contributed by atoms with Crippen molar-refractivity contribution in [3.63, 3.8) is 0 Å². The first-order valence-electron chi connectivity index (χ1n) is 8.23. The molecule has 3 rings (SSSR count). The summed E-state index contributed by atoms with van der Waals surface area (Å²) in [5.41, 5.74) is 5.59. The van der Waals surface area contributed by atoms with Crippen molar-refractivity contribution in [1.29, 1.82) is 0 Å². The molecule has 0 saturated carbocycles. The number of aromatic nitrogens is 2. The average molecular weight is 309 g/mol. The van der Waals surface area contributed by atoms with Gasteiger partial charge < -0.3 is 9.84 Å². The van der Waals surface area contributed by atoms with Crippen molar-refractivity contribution >= 4 is 16.6 Å². The highest BCUT2D eigenvalue weighted by Gasteiger charge is 2.09. The molecule has 0 aliphatic heterocycles. The molecule has 0 aliphatic carbocycles. The first-order valence-corrected chi connectivity index (χ1v) is 8.23. The van der Waals surface area contributed by atoms with E-state index < -0.39 is 0 Å². The van der Waals surface area contributed by atoms with Gasteiger partial charge in [0.2, 0.25) is 0 Å². The Labute approximate surface area is 136 Å². The Morgan fingerprint density at radius 3 is 2.74 bits per heavy atom. The van der Waals surface area contributed by atoms with Crippen LogP contribution in [-0.4, -0.2) is 16.7 Å². The molecular weight excluding hydrogens is 286 g/mol. The summed E-state index contributed by atoms with van der Waals surface area (Å²) in [6.45, 7) is 7.04. The van der Waals surface area contributed by atoms with Crippen LogP contribution in [0.3, 0.4) is 0 Å². The van der Waals surface area contributed by atoms with Gasteiger partial charge in [-0.1, -0.05) is 30.3 Å². The second-order valence-electron chi connectivity index (χ2n) is 5.86. The molecule has 2 heterocycles. The predicted molar refractivity (Wildman–Crippen MR) is 93.9 cm³/mol. The largest absolute Gasteiger partial charge is 0.384 e. The van der Waals surface area contributed by atoms with E-state index in [4.69, 9.17) is 4.52 Å². The number of benzene rings is 1. The van der Waals surface area contributed by atoms with Crippen LogP contribution >= 0.6 is 0 Å². The molecule has 0 unspecified atom stereocenters. The van der Waals surface area contributed by atoms with Crippen molar-refractivity contribution < 1.29 is 4.52 Å². The molecule has 4 heteroatoms. The van der Waals surface area contributed by atoms with Gasteiger partial charge in [0.25, 0.3) is 0 Å². The van der Waals surface area contributed by atoms with E-state index in [0.717, 1.165) is 48.5 Å². The minimum atomic E-state index is 0.918. The highest BCUT2D eigenvalue weighted by Crippen LogP contribution is 2.23. The van der Waals surface area contributed by atoms with Crippen molar-refractivity contribution in [2.75, 3.05) is 11.9 Å². The molecule has 0 amide bonds. The normalized spacial score (nSPS) is 11.1. The van der Waals surface area contributed by atoms with Crippen LogP contribution < -0.4 is 5.32 Å². The van der Waals surface area contributed by atoms with E-state index in [2.05, 4.69) is 46.6 Å². The highest BCUT2D eigenvalue weighted by atomic mass is 16.5. The van der Waals surface area contributed by atoms with Crippen LogP contribution in [0.25, 0.3) is 10.9 Å². The Kier molecular flexibility index (Phi) is 4.60. The highest BCUT2D eigenvalue weighted by molar-refractivity contribution is 5.91. The summed E-state index contributed by atoms with van der Waals surface area (Å²) < 4.78 is 5.22. The smallest absolute Gasteiger partial charge is 0.137 e. The molecule has 0 fully saturated rings. The number of nitrogens with one attached hydrogen (secondary N) is 1.